The SMILES string of the molecule is COCCNC(=O)Cn1c(-c2cccc(Cl)c2)nc(C)c(C)c1=O. The summed E-state index contributed by atoms with van der Waals surface area (Å²) in [5.74, 6) is 0.148. The lowest BCUT2D eigenvalue weighted by Gasteiger charge is -2.15. The van der Waals surface area contributed by atoms with E-state index in [0.717, 1.165) is 0 Å². The summed E-state index contributed by atoms with van der Waals surface area (Å²) in [5, 5.41) is 3.24. The summed E-state index contributed by atoms with van der Waals surface area (Å²) >= 11 is 6.04. The van der Waals surface area contributed by atoms with Crippen LogP contribution in [0.1, 0.15) is 11.3 Å². The number of hydrogen-bond donors (Lipinski definition) is 1. The van der Waals surface area contributed by atoms with Gasteiger partial charge in [0.15, 0.2) is 0 Å². The van der Waals surface area contributed by atoms with Gasteiger partial charge < -0.3 is 10.1 Å². The number of amides is 1. The molecule has 0 fully saturated rings. The molecule has 0 bridgehead atoms. The van der Waals surface area contributed by atoms with Gasteiger partial charge in [0.25, 0.3) is 5.56 Å². The molecule has 128 valence electrons. The van der Waals surface area contributed by atoms with Gasteiger partial charge in [0.05, 0.1) is 6.61 Å². The Balaban J connectivity index is 2.43. The predicted molar refractivity (Wildman–Crippen MR) is 93.3 cm³/mol. The molecular formula is C17H20ClN3O3. The van der Waals surface area contributed by atoms with Crippen LogP contribution in [0.2, 0.25) is 5.02 Å². The van der Waals surface area contributed by atoms with Gasteiger partial charge >= 0.3 is 0 Å². The summed E-state index contributed by atoms with van der Waals surface area (Å²) in [5.41, 5.74) is 1.60. The minimum absolute atomic E-state index is 0.113. The number of rotatable bonds is 6. The number of nitrogens with zero attached hydrogens (tertiary/aromatic N) is 2. The lowest BCUT2D eigenvalue weighted by atomic mass is 10.2. The van der Waals surface area contributed by atoms with Gasteiger partial charge in [-0.15, -0.1) is 0 Å². The van der Waals surface area contributed by atoms with E-state index in [4.69, 9.17) is 16.3 Å². The smallest absolute Gasteiger partial charge is 0.257 e. The number of ether oxygens (including phenoxy) is 1. The standard InChI is InChI=1S/C17H20ClN3O3/c1-11-12(2)20-16(13-5-4-6-14(18)9-13)21(17(11)23)10-15(22)19-7-8-24-3/h4-6,9H,7-8,10H2,1-3H3,(H,19,22). The molecule has 0 spiro atoms. The summed E-state index contributed by atoms with van der Waals surface area (Å²) in [4.78, 5) is 29.2. The number of nitrogens with one attached hydrogen (secondary N) is 1. The van der Waals surface area contributed by atoms with Crippen LogP contribution in [-0.2, 0) is 16.1 Å². The molecular weight excluding hydrogens is 330 g/mol. The van der Waals surface area contributed by atoms with Crippen LogP contribution in [0, 0.1) is 13.8 Å². The molecule has 0 aliphatic carbocycles. The fraction of sp³-hybridized carbons (Fsp3) is 0.353. The Hall–Kier alpha value is -2.18. The van der Waals surface area contributed by atoms with Gasteiger partial charge in [0.2, 0.25) is 5.91 Å². The first-order valence-electron chi connectivity index (χ1n) is 7.53. The monoisotopic (exact) mass is 349 g/mol. The quantitative estimate of drug-likeness (QED) is 0.809. The van der Waals surface area contributed by atoms with Crippen LogP contribution in [0.15, 0.2) is 29.1 Å². The maximum Gasteiger partial charge on any atom is 0.257 e. The minimum atomic E-state index is -0.275. The van der Waals surface area contributed by atoms with Crippen molar-refractivity contribution in [2.24, 2.45) is 0 Å². The number of aromatic nitrogens is 2. The Labute approximate surface area is 145 Å². The molecule has 1 amide bonds. The summed E-state index contributed by atoms with van der Waals surface area (Å²) in [7, 11) is 1.56. The molecule has 0 saturated carbocycles. The lowest BCUT2D eigenvalue weighted by molar-refractivity contribution is -0.121. The van der Waals surface area contributed by atoms with E-state index in [1.165, 1.54) is 4.57 Å². The average molecular weight is 350 g/mol. The first-order chi connectivity index (χ1) is 11.4. The van der Waals surface area contributed by atoms with E-state index in [-0.39, 0.29) is 18.0 Å². The number of halogens is 1. The number of methoxy groups -OCH3 is 1. The fourth-order valence-corrected chi connectivity index (χ4v) is 2.43. The molecule has 0 atom stereocenters. The van der Waals surface area contributed by atoms with Crippen molar-refractivity contribution in [1.82, 2.24) is 14.9 Å². The van der Waals surface area contributed by atoms with Crippen LogP contribution in [0.3, 0.4) is 0 Å². The average Bonchev–Trinajstić information content (AvgIpc) is 2.55. The molecule has 6 nitrogen and oxygen atoms in total. The normalized spacial score (nSPS) is 10.7. The molecule has 0 aliphatic heterocycles. The molecule has 1 aromatic carbocycles. The third kappa shape index (κ3) is 4.21. The van der Waals surface area contributed by atoms with E-state index >= 15 is 0 Å². The van der Waals surface area contributed by atoms with E-state index < -0.39 is 0 Å². The lowest BCUT2D eigenvalue weighted by Crippen LogP contribution is -2.36. The van der Waals surface area contributed by atoms with E-state index in [1.54, 1.807) is 39.2 Å². The van der Waals surface area contributed by atoms with Crippen LogP contribution in [0.25, 0.3) is 11.4 Å². The molecule has 7 heteroatoms. The Morgan fingerprint density at radius 2 is 2.12 bits per heavy atom. The Kier molecular flexibility index (Phi) is 6.11. The zero-order valence-corrected chi connectivity index (χ0v) is 14.7. The van der Waals surface area contributed by atoms with Crippen molar-refractivity contribution >= 4 is 17.5 Å². The van der Waals surface area contributed by atoms with Crippen molar-refractivity contribution in [3.63, 3.8) is 0 Å². The second-order valence-electron chi connectivity index (χ2n) is 5.39. The molecule has 1 aromatic heterocycles. The summed E-state index contributed by atoms with van der Waals surface area (Å²) in [6, 6.07) is 7.05. The molecule has 24 heavy (non-hydrogen) atoms. The van der Waals surface area contributed by atoms with E-state index in [1.807, 2.05) is 6.07 Å². The van der Waals surface area contributed by atoms with Gasteiger partial charge in [-0.1, -0.05) is 23.7 Å². The third-order valence-corrected chi connectivity index (χ3v) is 3.89. The fourth-order valence-electron chi connectivity index (χ4n) is 2.24. The van der Waals surface area contributed by atoms with Crippen molar-refractivity contribution in [3.05, 3.63) is 50.9 Å². The molecule has 2 aromatic rings. The molecule has 1 N–H and O–H groups in total. The van der Waals surface area contributed by atoms with Gasteiger partial charge in [0, 0.05) is 35.5 Å². The highest BCUT2D eigenvalue weighted by molar-refractivity contribution is 6.30. The number of aryl methyl sites for hydroxylation is 1. The van der Waals surface area contributed by atoms with Crippen molar-refractivity contribution in [2.75, 3.05) is 20.3 Å². The van der Waals surface area contributed by atoms with Crippen molar-refractivity contribution in [2.45, 2.75) is 20.4 Å². The van der Waals surface area contributed by atoms with Crippen LogP contribution in [-0.4, -0.2) is 35.7 Å². The van der Waals surface area contributed by atoms with Gasteiger partial charge in [0.1, 0.15) is 12.4 Å². The largest absolute Gasteiger partial charge is 0.383 e. The maximum absolute atomic E-state index is 12.6. The van der Waals surface area contributed by atoms with E-state index in [9.17, 15) is 9.59 Å². The van der Waals surface area contributed by atoms with E-state index in [2.05, 4.69) is 10.3 Å². The van der Waals surface area contributed by atoms with Crippen molar-refractivity contribution in [3.8, 4) is 11.4 Å². The van der Waals surface area contributed by atoms with Crippen LogP contribution in [0.5, 0.6) is 0 Å². The Morgan fingerprint density at radius 1 is 1.38 bits per heavy atom. The van der Waals surface area contributed by atoms with Gasteiger partial charge in [-0.2, -0.15) is 0 Å². The number of benzene rings is 1. The predicted octanol–water partition coefficient (Wildman–Crippen LogP) is 1.94. The number of hydrogen-bond acceptors (Lipinski definition) is 4. The second kappa shape index (κ2) is 8.08. The van der Waals surface area contributed by atoms with Gasteiger partial charge in [-0.05, 0) is 26.0 Å². The molecule has 1 heterocycles. The summed E-state index contributed by atoms with van der Waals surface area (Å²) in [6.07, 6.45) is 0. The van der Waals surface area contributed by atoms with Crippen molar-refractivity contribution in [1.29, 1.82) is 0 Å². The van der Waals surface area contributed by atoms with Crippen LogP contribution >= 0.6 is 11.6 Å². The second-order valence-corrected chi connectivity index (χ2v) is 5.83. The highest BCUT2D eigenvalue weighted by Crippen LogP contribution is 2.21. The zero-order chi connectivity index (χ0) is 17.7. The molecule has 0 unspecified atom stereocenters. The Morgan fingerprint density at radius 3 is 2.79 bits per heavy atom. The minimum Gasteiger partial charge on any atom is -0.383 e. The third-order valence-electron chi connectivity index (χ3n) is 3.65. The first kappa shape index (κ1) is 18.2. The summed E-state index contributed by atoms with van der Waals surface area (Å²) in [6.45, 7) is 4.15. The molecule has 2 rings (SSSR count). The summed E-state index contributed by atoms with van der Waals surface area (Å²) < 4.78 is 6.27. The Bertz CT molecular complexity index is 802. The van der Waals surface area contributed by atoms with Crippen LogP contribution in [0.4, 0.5) is 0 Å². The topological polar surface area (TPSA) is 73.2 Å². The first-order valence-corrected chi connectivity index (χ1v) is 7.91. The number of carbonyl (C=O) groups is 1. The maximum atomic E-state index is 12.6. The zero-order valence-electron chi connectivity index (χ0n) is 13.9. The van der Waals surface area contributed by atoms with Gasteiger partial charge in [-0.25, -0.2) is 4.98 Å². The van der Waals surface area contributed by atoms with Gasteiger partial charge in [-0.3, -0.25) is 14.2 Å². The molecule has 0 saturated heterocycles. The van der Waals surface area contributed by atoms with Crippen LogP contribution < -0.4 is 10.9 Å². The molecule has 0 aliphatic rings. The molecule has 0 radical (unpaired) electrons. The van der Waals surface area contributed by atoms with E-state index in [0.29, 0.717) is 40.8 Å². The van der Waals surface area contributed by atoms with Crippen molar-refractivity contribution < 1.29 is 9.53 Å². The highest BCUT2D eigenvalue weighted by atomic mass is 35.5. The highest BCUT2D eigenvalue weighted by Gasteiger charge is 2.15. The number of carbonyl (C=O) groups excluding carboxylic acids is 1.